The van der Waals surface area contributed by atoms with Crippen molar-refractivity contribution in [3.05, 3.63) is 29.8 Å². The van der Waals surface area contributed by atoms with Crippen LogP contribution in [0.3, 0.4) is 0 Å². The molecule has 0 aromatic heterocycles. The fourth-order valence-corrected chi connectivity index (χ4v) is 2.27. The Hall–Kier alpha value is -1.88. The summed E-state index contributed by atoms with van der Waals surface area (Å²) < 4.78 is 5.35. The van der Waals surface area contributed by atoms with E-state index < -0.39 is 11.5 Å². The minimum Gasteiger partial charge on any atom is -0.494 e. The number of rotatable bonds is 9. The molecule has 0 aliphatic carbocycles. The summed E-state index contributed by atoms with van der Waals surface area (Å²) in [6.45, 7) is 6.43. The molecule has 22 heavy (non-hydrogen) atoms. The second-order valence-corrected chi connectivity index (χ2v) is 5.23. The molecule has 0 spiro atoms. The van der Waals surface area contributed by atoms with Crippen LogP contribution in [-0.4, -0.2) is 29.4 Å². The zero-order chi connectivity index (χ0) is 16.4. The van der Waals surface area contributed by atoms with E-state index >= 15 is 0 Å². The number of benzene rings is 1. The van der Waals surface area contributed by atoms with E-state index in [9.17, 15) is 9.90 Å². The summed E-state index contributed by atoms with van der Waals surface area (Å²) in [6.07, 6.45) is 3.90. The van der Waals surface area contributed by atoms with Gasteiger partial charge in [-0.15, -0.1) is 0 Å². The van der Waals surface area contributed by atoms with Crippen molar-refractivity contribution >= 4 is 12.1 Å². The highest BCUT2D eigenvalue weighted by atomic mass is 16.5. The molecule has 0 heterocycles. The molecule has 1 aromatic carbocycles. The molecule has 0 atom stereocenters. The number of hydrazone groups is 1. The van der Waals surface area contributed by atoms with Gasteiger partial charge < -0.3 is 9.84 Å². The zero-order valence-electron chi connectivity index (χ0n) is 13.6. The average molecular weight is 306 g/mol. The molecule has 0 fully saturated rings. The number of ether oxygens (including phenoxy) is 1. The van der Waals surface area contributed by atoms with Gasteiger partial charge in [-0.05, 0) is 49.6 Å². The Kier molecular flexibility index (Phi) is 7.60. The van der Waals surface area contributed by atoms with E-state index in [1.165, 1.54) is 0 Å². The molecular weight excluding hydrogens is 280 g/mol. The number of carbonyl (C=O) groups is 1. The first-order valence-electron chi connectivity index (χ1n) is 7.84. The van der Waals surface area contributed by atoms with Gasteiger partial charge in [0.1, 0.15) is 11.4 Å². The largest absolute Gasteiger partial charge is 0.494 e. The quantitative estimate of drug-likeness (QED) is 0.544. The van der Waals surface area contributed by atoms with Gasteiger partial charge in [-0.25, -0.2) is 5.43 Å². The summed E-state index contributed by atoms with van der Waals surface area (Å²) in [6, 6.07) is 7.39. The molecule has 0 aliphatic heterocycles. The fraction of sp³-hybridized carbons (Fsp3) is 0.529. The number of amides is 1. The van der Waals surface area contributed by atoms with Crippen molar-refractivity contribution in [3.8, 4) is 5.75 Å². The summed E-state index contributed by atoms with van der Waals surface area (Å²) in [4.78, 5) is 12.1. The van der Waals surface area contributed by atoms with Crippen LogP contribution < -0.4 is 10.2 Å². The number of nitrogens with one attached hydrogen (secondary N) is 1. The lowest BCUT2D eigenvalue weighted by molar-refractivity contribution is -0.141. The Bertz CT molecular complexity index is 477. The molecular formula is C17H26N2O3. The van der Waals surface area contributed by atoms with Gasteiger partial charge in [0.2, 0.25) is 0 Å². The van der Waals surface area contributed by atoms with E-state index in [1.54, 1.807) is 6.21 Å². The third kappa shape index (κ3) is 5.48. The molecule has 0 bridgehead atoms. The molecule has 0 radical (unpaired) electrons. The zero-order valence-corrected chi connectivity index (χ0v) is 13.6. The Morgan fingerprint density at radius 1 is 1.23 bits per heavy atom. The van der Waals surface area contributed by atoms with Crippen LogP contribution >= 0.6 is 0 Å². The fourth-order valence-electron chi connectivity index (χ4n) is 2.27. The SMILES string of the molecule is CCCC(O)(CCC)C(=O)N/N=C/c1ccc(OCC)cc1. The van der Waals surface area contributed by atoms with Crippen LogP contribution in [0.4, 0.5) is 0 Å². The van der Waals surface area contributed by atoms with Crippen molar-refractivity contribution in [1.29, 1.82) is 0 Å². The second kappa shape index (κ2) is 9.20. The second-order valence-electron chi connectivity index (χ2n) is 5.23. The molecule has 0 unspecified atom stereocenters. The molecule has 5 nitrogen and oxygen atoms in total. The lowest BCUT2D eigenvalue weighted by atomic mass is 9.92. The summed E-state index contributed by atoms with van der Waals surface area (Å²) in [5.41, 5.74) is 1.94. The van der Waals surface area contributed by atoms with Crippen molar-refractivity contribution in [3.63, 3.8) is 0 Å². The first kappa shape index (κ1) is 18.2. The summed E-state index contributed by atoms with van der Waals surface area (Å²) >= 11 is 0. The van der Waals surface area contributed by atoms with Gasteiger partial charge in [0.05, 0.1) is 12.8 Å². The molecule has 1 rings (SSSR count). The van der Waals surface area contributed by atoms with E-state index in [1.807, 2.05) is 45.0 Å². The number of aliphatic hydroxyl groups is 1. The molecule has 5 heteroatoms. The molecule has 1 aromatic rings. The molecule has 0 saturated heterocycles. The minimum atomic E-state index is -1.33. The first-order valence-corrected chi connectivity index (χ1v) is 7.84. The van der Waals surface area contributed by atoms with Crippen molar-refractivity contribution in [2.45, 2.75) is 52.1 Å². The smallest absolute Gasteiger partial charge is 0.271 e. The molecule has 2 N–H and O–H groups in total. The van der Waals surface area contributed by atoms with E-state index in [4.69, 9.17) is 4.74 Å². The van der Waals surface area contributed by atoms with Crippen molar-refractivity contribution in [2.75, 3.05) is 6.61 Å². The standard InChI is InChI=1S/C17H26N2O3/c1-4-11-17(21,12-5-2)16(20)19-18-13-14-7-9-15(10-8-14)22-6-3/h7-10,13,21H,4-6,11-12H2,1-3H3,(H,19,20)/b18-13+. The van der Waals surface area contributed by atoms with E-state index in [0.717, 1.165) is 24.2 Å². The average Bonchev–Trinajstić information content (AvgIpc) is 2.49. The van der Waals surface area contributed by atoms with Crippen molar-refractivity contribution < 1.29 is 14.6 Å². The van der Waals surface area contributed by atoms with Gasteiger partial charge in [-0.3, -0.25) is 4.79 Å². The third-order valence-electron chi connectivity index (χ3n) is 3.32. The van der Waals surface area contributed by atoms with Crippen LogP contribution in [0, 0.1) is 0 Å². The van der Waals surface area contributed by atoms with Crippen molar-refractivity contribution in [2.24, 2.45) is 5.10 Å². The van der Waals surface area contributed by atoms with Crippen LogP contribution in [0.15, 0.2) is 29.4 Å². The maximum atomic E-state index is 12.1. The summed E-state index contributed by atoms with van der Waals surface area (Å²) in [7, 11) is 0. The Labute approximate surface area is 132 Å². The van der Waals surface area contributed by atoms with Crippen LogP contribution in [0.5, 0.6) is 5.75 Å². The maximum absolute atomic E-state index is 12.1. The number of hydrogen-bond acceptors (Lipinski definition) is 4. The van der Waals surface area contributed by atoms with Gasteiger partial charge in [0.15, 0.2) is 0 Å². The van der Waals surface area contributed by atoms with E-state index in [0.29, 0.717) is 19.4 Å². The van der Waals surface area contributed by atoms with Gasteiger partial charge in [-0.1, -0.05) is 26.7 Å². The number of carbonyl (C=O) groups excluding carboxylic acids is 1. The lowest BCUT2D eigenvalue weighted by Crippen LogP contribution is -2.45. The first-order chi connectivity index (χ1) is 10.6. The topological polar surface area (TPSA) is 70.9 Å². The van der Waals surface area contributed by atoms with Crippen LogP contribution in [0.25, 0.3) is 0 Å². The van der Waals surface area contributed by atoms with Gasteiger partial charge in [0.25, 0.3) is 5.91 Å². The molecule has 0 saturated carbocycles. The highest BCUT2D eigenvalue weighted by molar-refractivity contribution is 5.87. The maximum Gasteiger partial charge on any atom is 0.271 e. The Morgan fingerprint density at radius 2 is 1.82 bits per heavy atom. The molecule has 0 aliphatic rings. The normalized spacial score (nSPS) is 11.6. The Morgan fingerprint density at radius 3 is 2.32 bits per heavy atom. The highest BCUT2D eigenvalue weighted by Gasteiger charge is 2.33. The van der Waals surface area contributed by atoms with Gasteiger partial charge >= 0.3 is 0 Å². The monoisotopic (exact) mass is 306 g/mol. The van der Waals surface area contributed by atoms with Crippen molar-refractivity contribution in [1.82, 2.24) is 5.43 Å². The van der Waals surface area contributed by atoms with Gasteiger partial charge in [0, 0.05) is 0 Å². The highest BCUT2D eigenvalue weighted by Crippen LogP contribution is 2.19. The predicted molar refractivity (Wildman–Crippen MR) is 88.1 cm³/mol. The number of hydrogen-bond donors (Lipinski definition) is 2. The van der Waals surface area contributed by atoms with Crippen LogP contribution in [0.1, 0.15) is 52.0 Å². The molecule has 1 amide bonds. The minimum absolute atomic E-state index is 0.436. The van der Waals surface area contributed by atoms with Crippen LogP contribution in [-0.2, 0) is 4.79 Å². The van der Waals surface area contributed by atoms with Gasteiger partial charge in [-0.2, -0.15) is 5.10 Å². The summed E-state index contributed by atoms with van der Waals surface area (Å²) in [5, 5.41) is 14.3. The van der Waals surface area contributed by atoms with E-state index in [-0.39, 0.29) is 0 Å². The lowest BCUT2D eigenvalue weighted by Gasteiger charge is -2.24. The number of nitrogens with zero attached hydrogens (tertiary/aromatic N) is 1. The van der Waals surface area contributed by atoms with E-state index in [2.05, 4.69) is 10.5 Å². The Balaban J connectivity index is 2.61. The third-order valence-corrected chi connectivity index (χ3v) is 3.32. The summed E-state index contributed by atoms with van der Waals surface area (Å²) in [5.74, 6) is 0.349. The molecule has 122 valence electrons. The predicted octanol–water partition coefficient (Wildman–Crippen LogP) is 2.87. The van der Waals surface area contributed by atoms with Crippen LogP contribution in [0.2, 0.25) is 0 Å².